The van der Waals surface area contributed by atoms with E-state index < -0.39 is 6.04 Å². The normalized spacial score (nSPS) is 15.5. The van der Waals surface area contributed by atoms with Crippen LogP contribution in [0, 0.1) is 0 Å². The molecular weight excluding hydrogens is 440 g/mol. The van der Waals surface area contributed by atoms with Crippen molar-refractivity contribution in [2.75, 3.05) is 26.2 Å². The number of hydrogen-bond donors (Lipinski definition) is 0. The summed E-state index contributed by atoms with van der Waals surface area (Å²) in [6, 6.07) is 18.5. The molecule has 4 aromatic rings. The summed E-state index contributed by atoms with van der Waals surface area (Å²) >= 11 is 5.95. The maximum absolute atomic E-state index is 13.4. The Morgan fingerprint density at radius 1 is 1.00 bits per heavy atom. The van der Waals surface area contributed by atoms with Crippen molar-refractivity contribution >= 4 is 17.5 Å². The zero-order valence-corrected chi connectivity index (χ0v) is 18.7. The highest BCUT2D eigenvalue weighted by Gasteiger charge is 2.30. The summed E-state index contributed by atoms with van der Waals surface area (Å²) in [4.78, 5) is 22.1. The molecule has 1 aliphatic heterocycles. The standard InChI is InChI=1S/C24H23ClN6O2/c25-20-9-7-19(8-10-20)23-27-21(33-28-23)17-29-13-15-30(16-14-29)24(32)22(31-12-4-11-26-31)18-5-2-1-3-6-18/h1-12,22H,13-17H2. The van der Waals surface area contributed by atoms with Gasteiger partial charge < -0.3 is 9.42 Å². The first-order chi connectivity index (χ1) is 16.2. The molecule has 2 aromatic carbocycles. The third kappa shape index (κ3) is 4.81. The Balaban J connectivity index is 1.22. The third-order valence-corrected chi connectivity index (χ3v) is 6.00. The molecule has 3 heterocycles. The molecule has 1 atom stereocenters. The van der Waals surface area contributed by atoms with Gasteiger partial charge in [0.15, 0.2) is 6.04 Å². The molecule has 5 rings (SSSR count). The van der Waals surface area contributed by atoms with Crippen LogP contribution in [-0.2, 0) is 11.3 Å². The Bertz CT molecular complexity index is 1190. The van der Waals surface area contributed by atoms with E-state index in [9.17, 15) is 4.79 Å². The minimum absolute atomic E-state index is 0.0485. The van der Waals surface area contributed by atoms with Gasteiger partial charge in [-0.25, -0.2) is 0 Å². The van der Waals surface area contributed by atoms with Crippen LogP contribution < -0.4 is 0 Å². The number of nitrogens with zero attached hydrogens (tertiary/aromatic N) is 6. The van der Waals surface area contributed by atoms with Gasteiger partial charge in [0.25, 0.3) is 5.91 Å². The van der Waals surface area contributed by atoms with Crippen molar-refractivity contribution in [2.24, 2.45) is 0 Å². The van der Waals surface area contributed by atoms with Crippen molar-refractivity contribution in [1.82, 2.24) is 29.7 Å². The lowest BCUT2D eigenvalue weighted by Gasteiger charge is -2.35. The fraction of sp³-hybridized carbons (Fsp3) is 0.250. The number of benzene rings is 2. The fourth-order valence-electron chi connectivity index (χ4n) is 4.00. The largest absolute Gasteiger partial charge is 0.338 e. The second kappa shape index (κ2) is 9.56. The molecule has 1 amide bonds. The first-order valence-electron chi connectivity index (χ1n) is 10.8. The maximum Gasteiger partial charge on any atom is 0.252 e. The van der Waals surface area contributed by atoms with Crippen LogP contribution in [0.5, 0.6) is 0 Å². The SMILES string of the molecule is O=C(C(c1ccccc1)n1cccn1)N1CCN(Cc2nc(-c3ccc(Cl)cc3)no2)CC1. The predicted molar refractivity (Wildman–Crippen MR) is 123 cm³/mol. The average molecular weight is 463 g/mol. The van der Waals surface area contributed by atoms with Gasteiger partial charge in [-0.1, -0.05) is 47.1 Å². The van der Waals surface area contributed by atoms with Gasteiger partial charge in [-0.15, -0.1) is 0 Å². The number of amides is 1. The Labute approximate surface area is 196 Å². The van der Waals surface area contributed by atoms with E-state index in [4.69, 9.17) is 16.1 Å². The quantitative estimate of drug-likeness (QED) is 0.436. The highest BCUT2D eigenvalue weighted by molar-refractivity contribution is 6.30. The van der Waals surface area contributed by atoms with E-state index in [1.54, 1.807) is 23.0 Å². The van der Waals surface area contributed by atoms with E-state index in [1.165, 1.54) is 0 Å². The van der Waals surface area contributed by atoms with Gasteiger partial charge in [0.2, 0.25) is 11.7 Å². The molecule has 1 unspecified atom stereocenters. The molecule has 168 valence electrons. The number of piperazine rings is 1. The van der Waals surface area contributed by atoms with Crippen molar-refractivity contribution in [3.8, 4) is 11.4 Å². The molecule has 0 spiro atoms. The summed E-state index contributed by atoms with van der Waals surface area (Å²) in [5.41, 5.74) is 1.78. The number of aromatic nitrogens is 4. The molecule has 0 aliphatic carbocycles. The van der Waals surface area contributed by atoms with E-state index in [0.717, 1.165) is 24.2 Å². The molecule has 8 nitrogen and oxygen atoms in total. The highest BCUT2D eigenvalue weighted by Crippen LogP contribution is 2.22. The van der Waals surface area contributed by atoms with Gasteiger partial charge in [0.1, 0.15) is 0 Å². The molecule has 33 heavy (non-hydrogen) atoms. The monoisotopic (exact) mass is 462 g/mol. The van der Waals surface area contributed by atoms with Crippen molar-refractivity contribution in [3.63, 3.8) is 0 Å². The lowest BCUT2D eigenvalue weighted by molar-refractivity contribution is -0.135. The molecule has 1 fully saturated rings. The summed E-state index contributed by atoms with van der Waals surface area (Å²) < 4.78 is 7.17. The molecule has 0 N–H and O–H groups in total. The molecule has 0 radical (unpaired) electrons. The van der Waals surface area contributed by atoms with E-state index >= 15 is 0 Å². The van der Waals surface area contributed by atoms with Crippen LogP contribution >= 0.6 is 11.6 Å². The number of rotatable bonds is 6. The minimum atomic E-state index is -0.467. The van der Waals surface area contributed by atoms with E-state index in [2.05, 4.69) is 20.1 Å². The van der Waals surface area contributed by atoms with E-state index in [-0.39, 0.29) is 5.91 Å². The molecular formula is C24H23ClN6O2. The Hall–Kier alpha value is -3.49. The second-order valence-electron chi connectivity index (χ2n) is 7.92. The van der Waals surface area contributed by atoms with Gasteiger partial charge in [0.05, 0.1) is 6.54 Å². The van der Waals surface area contributed by atoms with Crippen molar-refractivity contribution < 1.29 is 9.32 Å². The molecule has 1 aliphatic rings. The Morgan fingerprint density at radius 3 is 2.45 bits per heavy atom. The Morgan fingerprint density at radius 2 is 1.76 bits per heavy atom. The van der Waals surface area contributed by atoms with Gasteiger partial charge in [-0.2, -0.15) is 10.1 Å². The number of carbonyl (C=O) groups excluding carboxylic acids is 1. The first kappa shape index (κ1) is 21.4. The second-order valence-corrected chi connectivity index (χ2v) is 8.36. The summed E-state index contributed by atoms with van der Waals surface area (Å²) in [7, 11) is 0. The van der Waals surface area contributed by atoms with Crippen LogP contribution in [0.15, 0.2) is 77.6 Å². The van der Waals surface area contributed by atoms with E-state index in [1.807, 2.05) is 59.6 Å². The topological polar surface area (TPSA) is 80.3 Å². The third-order valence-electron chi connectivity index (χ3n) is 5.75. The highest BCUT2D eigenvalue weighted by atomic mass is 35.5. The molecule has 2 aromatic heterocycles. The summed E-state index contributed by atoms with van der Waals surface area (Å²) in [5.74, 6) is 1.14. The first-order valence-corrected chi connectivity index (χ1v) is 11.2. The summed E-state index contributed by atoms with van der Waals surface area (Å²) in [6.45, 7) is 3.25. The van der Waals surface area contributed by atoms with Crippen LogP contribution in [0.3, 0.4) is 0 Å². The molecule has 0 saturated carbocycles. The van der Waals surface area contributed by atoms with Gasteiger partial charge >= 0.3 is 0 Å². The van der Waals surface area contributed by atoms with Gasteiger partial charge in [0, 0.05) is 49.2 Å². The molecule has 9 heteroatoms. The van der Waals surface area contributed by atoms with Gasteiger partial charge in [-0.05, 0) is 35.9 Å². The van der Waals surface area contributed by atoms with Crippen LogP contribution in [-0.4, -0.2) is 61.8 Å². The van der Waals surface area contributed by atoms with Crippen LogP contribution in [0.25, 0.3) is 11.4 Å². The van der Waals surface area contributed by atoms with Crippen molar-refractivity contribution in [3.05, 3.63) is 89.5 Å². The zero-order chi connectivity index (χ0) is 22.6. The smallest absolute Gasteiger partial charge is 0.252 e. The van der Waals surface area contributed by atoms with Crippen LogP contribution in [0.1, 0.15) is 17.5 Å². The van der Waals surface area contributed by atoms with E-state index in [0.29, 0.717) is 36.4 Å². The lowest BCUT2D eigenvalue weighted by atomic mass is 10.1. The maximum atomic E-state index is 13.4. The zero-order valence-electron chi connectivity index (χ0n) is 17.9. The van der Waals surface area contributed by atoms with Gasteiger partial charge in [-0.3, -0.25) is 14.4 Å². The summed E-state index contributed by atoms with van der Waals surface area (Å²) in [5, 5.41) is 9.08. The molecule has 1 saturated heterocycles. The van der Waals surface area contributed by atoms with Crippen LogP contribution in [0.4, 0.5) is 0 Å². The number of hydrogen-bond acceptors (Lipinski definition) is 6. The fourth-order valence-corrected chi connectivity index (χ4v) is 4.13. The van der Waals surface area contributed by atoms with Crippen molar-refractivity contribution in [2.45, 2.75) is 12.6 Å². The van der Waals surface area contributed by atoms with Crippen LogP contribution in [0.2, 0.25) is 5.02 Å². The predicted octanol–water partition coefficient (Wildman–Crippen LogP) is 3.52. The summed E-state index contributed by atoms with van der Waals surface area (Å²) in [6.07, 6.45) is 3.53. The number of carbonyl (C=O) groups is 1. The average Bonchev–Trinajstić information content (AvgIpc) is 3.54. The minimum Gasteiger partial charge on any atom is -0.338 e. The van der Waals surface area contributed by atoms with Crippen molar-refractivity contribution in [1.29, 1.82) is 0 Å². The number of halogens is 1. The molecule has 0 bridgehead atoms. The lowest BCUT2D eigenvalue weighted by Crippen LogP contribution is -2.50. The Kier molecular flexibility index (Phi) is 6.19.